The van der Waals surface area contributed by atoms with E-state index in [1.54, 1.807) is 6.20 Å². The van der Waals surface area contributed by atoms with E-state index in [0.717, 1.165) is 27.8 Å². The van der Waals surface area contributed by atoms with Gasteiger partial charge in [0.05, 0.1) is 5.69 Å². The Labute approximate surface area is 121 Å². The van der Waals surface area contributed by atoms with Crippen molar-refractivity contribution in [1.82, 2.24) is 14.5 Å². The number of imidazole rings is 1. The summed E-state index contributed by atoms with van der Waals surface area (Å²) >= 11 is 0. The minimum Gasteiger partial charge on any atom is -0.369 e. The first-order valence-corrected chi connectivity index (χ1v) is 6.83. The van der Waals surface area contributed by atoms with Crippen LogP contribution in [0.1, 0.15) is 5.56 Å². The number of nitrogens with two attached hydrogens (primary N) is 1. The Morgan fingerprint density at radius 1 is 1.00 bits per heavy atom. The van der Waals surface area contributed by atoms with Crippen LogP contribution in [0.15, 0.2) is 54.7 Å². The monoisotopic (exact) mass is 274 g/mol. The van der Waals surface area contributed by atoms with Crippen LogP contribution in [-0.4, -0.2) is 14.5 Å². The molecule has 0 aliphatic heterocycles. The highest BCUT2D eigenvalue weighted by molar-refractivity contribution is 5.93. The Bertz CT molecular complexity index is 964. The van der Waals surface area contributed by atoms with E-state index < -0.39 is 0 Å². The molecule has 2 aromatic heterocycles. The number of pyridine rings is 1. The van der Waals surface area contributed by atoms with Crippen LogP contribution in [0.2, 0.25) is 0 Å². The fourth-order valence-corrected chi connectivity index (χ4v) is 2.75. The molecule has 4 nitrogen and oxygen atoms in total. The second-order valence-corrected chi connectivity index (χ2v) is 5.10. The smallest absolute Gasteiger partial charge is 0.207 e. The lowest BCUT2D eigenvalue weighted by molar-refractivity contribution is 1.09. The summed E-state index contributed by atoms with van der Waals surface area (Å²) in [6.07, 6.45) is 1.79. The van der Waals surface area contributed by atoms with Crippen LogP contribution >= 0.6 is 0 Å². The van der Waals surface area contributed by atoms with Gasteiger partial charge < -0.3 is 5.73 Å². The first kappa shape index (κ1) is 11.9. The fraction of sp³-hybridized carbons (Fsp3) is 0.0588. The first-order valence-electron chi connectivity index (χ1n) is 6.83. The Morgan fingerprint density at radius 3 is 2.71 bits per heavy atom. The second kappa shape index (κ2) is 4.31. The number of benzene rings is 2. The van der Waals surface area contributed by atoms with Gasteiger partial charge in [-0.3, -0.25) is 4.57 Å². The molecule has 21 heavy (non-hydrogen) atoms. The van der Waals surface area contributed by atoms with Crippen LogP contribution in [0.4, 0.5) is 5.95 Å². The third kappa shape index (κ3) is 1.69. The zero-order chi connectivity index (χ0) is 14.4. The lowest BCUT2D eigenvalue weighted by Crippen LogP contribution is -2.02. The molecule has 0 atom stereocenters. The number of hydrogen-bond donors (Lipinski definition) is 1. The maximum atomic E-state index is 6.16. The molecule has 0 radical (unpaired) electrons. The van der Waals surface area contributed by atoms with Crippen LogP contribution in [0, 0.1) is 6.92 Å². The third-order valence-electron chi connectivity index (χ3n) is 3.78. The highest BCUT2D eigenvalue weighted by atomic mass is 15.2. The normalized spacial score (nSPS) is 11.3. The lowest BCUT2D eigenvalue weighted by Gasteiger charge is -2.09. The van der Waals surface area contributed by atoms with Crippen LogP contribution in [0.3, 0.4) is 0 Å². The van der Waals surface area contributed by atoms with Crippen molar-refractivity contribution in [3.63, 3.8) is 0 Å². The standard InChI is InChI=1S/C17H14N4/c1-11-9-10-19-16-15(11)20-17(18)21(16)14-8-4-6-12-5-2-3-7-13(12)14/h2-10H,1H3,(H2,18,20). The molecule has 0 saturated heterocycles. The van der Waals surface area contributed by atoms with E-state index in [1.165, 1.54) is 5.39 Å². The highest BCUT2D eigenvalue weighted by Crippen LogP contribution is 2.28. The molecule has 0 unspecified atom stereocenters. The molecule has 0 aliphatic rings. The van der Waals surface area contributed by atoms with Gasteiger partial charge in [0.25, 0.3) is 0 Å². The summed E-state index contributed by atoms with van der Waals surface area (Å²) in [7, 11) is 0. The summed E-state index contributed by atoms with van der Waals surface area (Å²) in [5, 5.41) is 2.30. The zero-order valence-electron chi connectivity index (χ0n) is 11.6. The van der Waals surface area contributed by atoms with Crippen molar-refractivity contribution in [3.05, 3.63) is 60.3 Å². The number of fused-ring (bicyclic) bond motifs is 2. The van der Waals surface area contributed by atoms with E-state index in [2.05, 4.69) is 28.2 Å². The predicted octanol–water partition coefficient (Wildman–Crippen LogP) is 3.46. The summed E-state index contributed by atoms with van der Waals surface area (Å²) in [6.45, 7) is 2.02. The molecule has 0 bridgehead atoms. The van der Waals surface area contributed by atoms with Crippen molar-refractivity contribution < 1.29 is 0 Å². The molecule has 0 spiro atoms. The van der Waals surface area contributed by atoms with Gasteiger partial charge in [0.1, 0.15) is 5.52 Å². The molecule has 4 heteroatoms. The minimum atomic E-state index is 0.461. The van der Waals surface area contributed by atoms with Crippen molar-refractivity contribution in [1.29, 1.82) is 0 Å². The van der Waals surface area contributed by atoms with E-state index in [-0.39, 0.29) is 0 Å². The molecule has 0 saturated carbocycles. The van der Waals surface area contributed by atoms with Gasteiger partial charge in [-0.05, 0) is 30.0 Å². The minimum absolute atomic E-state index is 0.461. The number of rotatable bonds is 1. The topological polar surface area (TPSA) is 56.7 Å². The maximum Gasteiger partial charge on any atom is 0.207 e. The van der Waals surface area contributed by atoms with Gasteiger partial charge in [-0.25, -0.2) is 9.97 Å². The van der Waals surface area contributed by atoms with Crippen LogP contribution < -0.4 is 5.73 Å². The Morgan fingerprint density at radius 2 is 1.81 bits per heavy atom. The van der Waals surface area contributed by atoms with Gasteiger partial charge in [-0.2, -0.15) is 0 Å². The van der Waals surface area contributed by atoms with E-state index in [1.807, 2.05) is 41.8 Å². The van der Waals surface area contributed by atoms with Crippen molar-refractivity contribution in [2.45, 2.75) is 6.92 Å². The average molecular weight is 274 g/mol. The summed E-state index contributed by atoms with van der Waals surface area (Å²) in [5.41, 5.74) is 9.88. The number of aryl methyl sites for hydroxylation is 1. The number of hydrogen-bond acceptors (Lipinski definition) is 3. The summed E-state index contributed by atoms with van der Waals surface area (Å²) in [5.74, 6) is 0.461. The van der Waals surface area contributed by atoms with E-state index in [4.69, 9.17) is 5.73 Å². The molecular formula is C17H14N4. The number of nitrogen functional groups attached to an aromatic ring is 1. The van der Waals surface area contributed by atoms with Crippen LogP contribution in [-0.2, 0) is 0 Å². The van der Waals surface area contributed by atoms with E-state index in [0.29, 0.717) is 5.95 Å². The number of anilines is 1. The van der Waals surface area contributed by atoms with Crippen molar-refractivity contribution in [2.75, 3.05) is 5.73 Å². The third-order valence-corrected chi connectivity index (χ3v) is 3.78. The van der Waals surface area contributed by atoms with Gasteiger partial charge in [0, 0.05) is 11.6 Å². The van der Waals surface area contributed by atoms with Crippen LogP contribution in [0.25, 0.3) is 27.6 Å². The quantitative estimate of drug-likeness (QED) is 0.578. The van der Waals surface area contributed by atoms with Gasteiger partial charge in [-0.1, -0.05) is 36.4 Å². The molecule has 0 amide bonds. The van der Waals surface area contributed by atoms with Gasteiger partial charge in [0.15, 0.2) is 5.65 Å². The van der Waals surface area contributed by atoms with Gasteiger partial charge in [0.2, 0.25) is 5.95 Å². The number of nitrogens with zero attached hydrogens (tertiary/aromatic N) is 3. The number of aromatic nitrogens is 3. The fourth-order valence-electron chi connectivity index (χ4n) is 2.75. The first-order chi connectivity index (χ1) is 10.3. The SMILES string of the molecule is Cc1ccnc2c1nc(N)n2-c1cccc2ccccc12. The van der Waals surface area contributed by atoms with Crippen LogP contribution in [0.5, 0.6) is 0 Å². The molecule has 4 aromatic rings. The predicted molar refractivity (Wildman–Crippen MR) is 85.5 cm³/mol. The van der Waals surface area contributed by atoms with Gasteiger partial charge in [-0.15, -0.1) is 0 Å². The largest absolute Gasteiger partial charge is 0.369 e. The maximum absolute atomic E-state index is 6.16. The Kier molecular flexibility index (Phi) is 2.44. The molecule has 2 heterocycles. The molecular weight excluding hydrogens is 260 g/mol. The molecule has 2 N–H and O–H groups in total. The van der Waals surface area contributed by atoms with Crippen molar-refractivity contribution in [3.8, 4) is 5.69 Å². The average Bonchev–Trinajstić information content (AvgIpc) is 2.84. The summed E-state index contributed by atoms with van der Waals surface area (Å²) in [6, 6.07) is 16.3. The Hall–Kier alpha value is -2.88. The molecule has 4 rings (SSSR count). The molecule has 0 fully saturated rings. The second-order valence-electron chi connectivity index (χ2n) is 5.10. The molecule has 0 aliphatic carbocycles. The lowest BCUT2D eigenvalue weighted by atomic mass is 10.1. The summed E-state index contributed by atoms with van der Waals surface area (Å²) < 4.78 is 1.92. The Balaban J connectivity index is 2.14. The highest BCUT2D eigenvalue weighted by Gasteiger charge is 2.14. The molecule has 102 valence electrons. The van der Waals surface area contributed by atoms with Crippen molar-refractivity contribution >= 4 is 27.9 Å². The van der Waals surface area contributed by atoms with Crippen molar-refractivity contribution in [2.24, 2.45) is 0 Å². The zero-order valence-corrected chi connectivity index (χ0v) is 11.6. The summed E-state index contributed by atoms with van der Waals surface area (Å²) in [4.78, 5) is 8.94. The molecule has 2 aromatic carbocycles. The van der Waals surface area contributed by atoms with E-state index >= 15 is 0 Å². The van der Waals surface area contributed by atoms with E-state index in [9.17, 15) is 0 Å². The van der Waals surface area contributed by atoms with Gasteiger partial charge >= 0.3 is 0 Å².